The molecule has 1 aliphatic carbocycles. The SMILES string of the molecule is CCCN1Cc2c(c3c(N)ncnc3n2C(C)C)-c2noc(C3CC3)c2C1=O. The van der Waals surface area contributed by atoms with Crippen molar-refractivity contribution in [1.29, 1.82) is 0 Å². The topological polar surface area (TPSA) is 103 Å². The fraction of sp³-hybridized carbons (Fsp3) is 0.500. The van der Waals surface area contributed by atoms with Crippen molar-refractivity contribution in [3.63, 3.8) is 0 Å². The maximum absolute atomic E-state index is 13.5. The number of rotatable bonds is 4. The maximum atomic E-state index is 13.5. The first-order valence-electron chi connectivity index (χ1n) is 9.95. The van der Waals surface area contributed by atoms with Crippen LogP contribution in [0.2, 0.25) is 0 Å². The molecule has 5 rings (SSSR count). The van der Waals surface area contributed by atoms with Crippen LogP contribution >= 0.6 is 0 Å². The van der Waals surface area contributed by atoms with Gasteiger partial charge in [0.2, 0.25) is 0 Å². The number of fused-ring (bicyclic) bond motifs is 5. The highest BCUT2D eigenvalue weighted by Crippen LogP contribution is 2.48. The minimum atomic E-state index is -0.00456. The number of carbonyl (C=O) groups excluding carboxylic acids is 1. The predicted molar refractivity (Wildman–Crippen MR) is 105 cm³/mol. The quantitative estimate of drug-likeness (QED) is 0.743. The Kier molecular flexibility index (Phi) is 3.72. The van der Waals surface area contributed by atoms with E-state index >= 15 is 0 Å². The molecule has 1 saturated carbocycles. The molecule has 0 spiro atoms. The Morgan fingerprint density at radius 3 is 2.75 bits per heavy atom. The van der Waals surface area contributed by atoms with E-state index in [0.717, 1.165) is 47.3 Å². The number of nitrogens with zero attached hydrogens (tertiary/aromatic N) is 5. The fourth-order valence-corrected chi connectivity index (χ4v) is 4.34. The molecule has 3 aromatic rings. The number of hydrogen-bond acceptors (Lipinski definition) is 6. The molecule has 8 heteroatoms. The van der Waals surface area contributed by atoms with Crippen LogP contribution in [0, 0.1) is 0 Å². The highest BCUT2D eigenvalue weighted by atomic mass is 16.5. The van der Waals surface area contributed by atoms with Crippen LogP contribution in [0.15, 0.2) is 10.9 Å². The van der Waals surface area contributed by atoms with Crippen molar-refractivity contribution in [2.24, 2.45) is 0 Å². The zero-order valence-electron chi connectivity index (χ0n) is 16.4. The Morgan fingerprint density at radius 2 is 2.07 bits per heavy atom. The monoisotopic (exact) mass is 380 g/mol. The third kappa shape index (κ3) is 2.30. The van der Waals surface area contributed by atoms with E-state index in [1.165, 1.54) is 6.33 Å². The van der Waals surface area contributed by atoms with Crippen molar-refractivity contribution in [2.45, 2.75) is 58.5 Å². The maximum Gasteiger partial charge on any atom is 0.260 e. The van der Waals surface area contributed by atoms with Crippen molar-refractivity contribution < 1.29 is 9.32 Å². The summed E-state index contributed by atoms with van der Waals surface area (Å²) < 4.78 is 7.87. The van der Waals surface area contributed by atoms with E-state index in [9.17, 15) is 4.79 Å². The molecule has 0 atom stereocenters. The average molecular weight is 380 g/mol. The molecule has 146 valence electrons. The summed E-state index contributed by atoms with van der Waals surface area (Å²) in [5.74, 6) is 1.40. The predicted octanol–water partition coefficient (Wildman–Crippen LogP) is 3.49. The van der Waals surface area contributed by atoms with E-state index < -0.39 is 0 Å². The van der Waals surface area contributed by atoms with Gasteiger partial charge >= 0.3 is 0 Å². The second-order valence-corrected chi connectivity index (χ2v) is 8.01. The van der Waals surface area contributed by atoms with Crippen LogP contribution in [-0.4, -0.2) is 37.0 Å². The molecule has 0 aromatic carbocycles. The van der Waals surface area contributed by atoms with E-state index in [1.54, 1.807) is 0 Å². The Labute approximate surface area is 162 Å². The summed E-state index contributed by atoms with van der Waals surface area (Å²) in [7, 11) is 0. The van der Waals surface area contributed by atoms with Gasteiger partial charge in [-0.25, -0.2) is 9.97 Å². The summed E-state index contributed by atoms with van der Waals surface area (Å²) in [4.78, 5) is 24.1. The molecule has 0 bridgehead atoms. The molecule has 0 saturated heterocycles. The fourth-order valence-electron chi connectivity index (χ4n) is 4.34. The van der Waals surface area contributed by atoms with E-state index in [0.29, 0.717) is 30.2 Å². The molecule has 0 unspecified atom stereocenters. The van der Waals surface area contributed by atoms with Crippen LogP contribution in [0.1, 0.15) is 73.8 Å². The van der Waals surface area contributed by atoms with Gasteiger partial charge in [-0.15, -0.1) is 0 Å². The first kappa shape index (κ1) is 17.2. The van der Waals surface area contributed by atoms with Crippen LogP contribution in [0.25, 0.3) is 22.3 Å². The number of nitrogen functional groups attached to an aromatic ring is 1. The third-order valence-corrected chi connectivity index (χ3v) is 5.67. The summed E-state index contributed by atoms with van der Waals surface area (Å²) in [5.41, 5.74) is 10.1. The number of aromatic nitrogens is 4. The molecule has 2 N–H and O–H groups in total. The number of amides is 1. The third-order valence-electron chi connectivity index (χ3n) is 5.67. The molecular weight excluding hydrogens is 356 g/mol. The molecule has 2 aliphatic rings. The Morgan fingerprint density at radius 1 is 1.29 bits per heavy atom. The molecular formula is C20H24N6O2. The van der Waals surface area contributed by atoms with Gasteiger partial charge in [-0.2, -0.15) is 0 Å². The van der Waals surface area contributed by atoms with E-state index in [1.807, 2.05) is 4.90 Å². The van der Waals surface area contributed by atoms with Crippen LogP contribution < -0.4 is 5.73 Å². The Hall–Kier alpha value is -2.90. The zero-order chi connectivity index (χ0) is 19.6. The lowest BCUT2D eigenvalue weighted by Crippen LogP contribution is -2.31. The summed E-state index contributed by atoms with van der Waals surface area (Å²) in [6.45, 7) is 7.46. The van der Waals surface area contributed by atoms with Crippen LogP contribution in [0.3, 0.4) is 0 Å². The van der Waals surface area contributed by atoms with E-state index in [2.05, 4.69) is 40.5 Å². The number of anilines is 1. The summed E-state index contributed by atoms with van der Waals surface area (Å²) in [5, 5.41) is 5.14. The van der Waals surface area contributed by atoms with Gasteiger partial charge in [-0.1, -0.05) is 12.1 Å². The Balaban J connectivity index is 1.89. The number of hydrogen-bond donors (Lipinski definition) is 1. The van der Waals surface area contributed by atoms with Crippen molar-refractivity contribution in [2.75, 3.05) is 12.3 Å². The highest BCUT2D eigenvalue weighted by Gasteiger charge is 2.41. The van der Waals surface area contributed by atoms with Crippen molar-refractivity contribution in [3.05, 3.63) is 23.3 Å². The van der Waals surface area contributed by atoms with Crippen molar-refractivity contribution >= 4 is 22.8 Å². The largest absolute Gasteiger partial charge is 0.383 e. The lowest BCUT2D eigenvalue weighted by atomic mass is 10.0. The van der Waals surface area contributed by atoms with Gasteiger partial charge in [0.1, 0.15) is 29.0 Å². The van der Waals surface area contributed by atoms with Gasteiger partial charge in [0, 0.05) is 29.8 Å². The number of nitrogens with two attached hydrogens (primary N) is 1. The van der Waals surface area contributed by atoms with Gasteiger partial charge in [0.05, 0.1) is 11.9 Å². The standard InChI is InChI=1S/C20H24N6O2/c1-4-7-25-8-12-13(14-18(21)22-9-23-19(14)26(12)10(2)3)16-15(20(25)27)17(28-24-16)11-5-6-11/h9-11H,4-8H2,1-3H3,(H2,21,22,23). The molecule has 0 radical (unpaired) electrons. The highest BCUT2D eigenvalue weighted by molar-refractivity contribution is 6.09. The lowest BCUT2D eigenvalue weighted by molar-refractivity contribution is 0.0740. The molecule has 1 fully saturated rings. The van der Waals surface area contributed by atoms with E-state index in [-0.39, 0.29) is 17.9 Å². The average Bonchev–Trinajstić information content (AvgIpc) is 3.34. The minimum absolute atomic E-state index is 0.00456. The molecule has 1 amide bonds. The van der Waals surface area contributed by atoms with Gasteiger partial charge in [-0.3, -0.25) is 4.79 Å². The molecule has 8 nitrogen and oxygen atoms in total. The summed E-state index contributed by atoms with van der Waals surface area (Å²) in [6.07, 6.45) is 4.44. The number of carbonyl (C=O) groups is 1. The second-order valence-electron chi connectivity index (χ2n) is 8.01. The van der Waals surface area contributed by atoms with Gasteiger partial charge < -0.3 is 19.7 Å². The molecule has 28 heavy (non-hydrogen) atoms. The van der Waals surface area contributed by atoms with Gasteiger partial charge in [0.25, 0.3) is 5.91 Å². The lowest BCUT2D eigenvalue weighted by Gasteiger charge is -2.23. The summed E-state index contributed by atoms with van der Waals surface area (Å²) >= 11 is 0. The molecule has 4 heterocycles. The van der Waals surface area contributed by atoms with Gasteiger partial charge in [0.15, 0.2) is 5.76 Å². The van der Waals surface area contributed by atoms with Crippen LogP contribution in [-0.2, 0) is 6.54 Å². The first-order valence-corrected chi connectivity index (χ1v) is 9.95. The van der Waals surface area contributed by atoms with E-state index in [4.69, 9.17) is 10.3 Å². The van der Waals surface area contributed by atoms with Crippen LogP contribution in [0.4, 0.5) is 5.82 Å². The van der Waals surface area contributed by atoms with Crippen molar-refractivity contribution in [3.8, 4) is 11.3 Å². The minimum Gasteiger partial charge on any atom is -0.383 e. The van der Waals surface area contributed by atoms with Gasteiger partial charge in [-0.05, 0) is 33.1 Å². The normalized spacial score (nSPS) is 16.6. The van der Waals surface area contributed by atoms with Crippen molar-refractivity contribution in [1.82, 2.24) is 24.6 Å². The summed E-state index contributed by atoms with van der Waals surface area (Å²) in [6, 6.07) is 0.149. The smallest absolute Gasteiger partial charge is 0.260 e. The molecule has 3 aromatic heterocycles. The molecule has 1 aliphatic heterocycles. The van der Waals surface area contributed by atoms with Crippen LogP contribution in [0.5, 0.6) is 0 Å². The first-order chi connectivity index (χ1) is 13.5. The second kappa shape index (κ2) is 6.05. The zero-order valence-corrected chi connectivity index (χ0v) is 16.4. The Bertz CT molecular complexity index is 1090.